The predicted octanol–water partition coefficient (Wildman–Crippen LogP) is 4.10. The third-order valence-corrected chi connectivity index (χ3v) is 7.11. The number of likely N-dealkylation sites (N-methyl/N-ethyl adjacent to an activating group) is 1. The lowest BCUT2D eigenvalue weighted by atomic mass is 9.98. The van der Waals surface area contributed by atoms with E-state index in [-0.39, 0.29) is 23.4 Å². The van der Waals surface area contributed by atoms with Crippen molar-refractivity contribution in [3.05, 3.63) is 30.3 Å². The van der Waals surface area contributed by atoms with Gasteiger partial charge in [0.05, 0.1) is 11.4 Å². The van der Waals surface area contributed by atoms with E-state index in [0.29, 0.717) is 0 Å². The zero-order chi connectivity index (χ0) is 19.5. The highest BCUT2D eigenvalue weighted by Crippen LogP contribution is 2.17. The molecule has 0 spiro atoms. The molecule has 1 N–H and O–H groups in total. The number of rotatable bonds is 5. The van der Waals surface area contributed by atoms with Crippen LogP contribution in [0.15, 0.2) is 35.2 Å². The van der Waals surface area contributed by atoms with E-state index < -0.39 is 10.0 Å². The molecule has 1 saturated carbocycles. The number of carbonyl (C=O) groups is 1. The normalized spacial score (nSPS) is 18.4. The fourth-order valence-electron chi connectivity index (χ4n) is 3.64. The van der Waals surface area contributed by atoms with Crippen molar-refractivity contribution in [2.75, 3.05) is 13.6 Å². The van der Waals surface area contributed by atoms with Gasteiger partial charge in [-0.2, -0.15) is 4.31 Å². The van der Waals surface area contributed by atoms with E-state index in [4.69, 9.17) is 0 Å². The maximum atomic E-state index is 12.6. The summed E-state index contributed by atoms with van der Waals surface area (Å²) in [5, 5.41) is 3.08. The standard InChI is InChI=1S/C21H34N2O3S/c1-23(27(25,26)20-16-12-9-13-17-20)18-21(24)22-19-14-10-7-5-3-2-4-6-8-11-15-19/h9,12-13,16-17,19H,2-8,10-11,14-15,18H2,1H3,(H,22,24). The lowest BCUT2D eigenvalue weighted by Crippen LogP contribution is -2.42. The number of carbonyl (C=O) groups excluding carboxylic acids is 1. The van der Waals surface area contributed by atoms with Gasteiger partial charge in [-0.15, -0.1) is 0 Å². The second-order valence-electron chi connectivity index (χ2n) is 7.60. The largest absolute Gasteiger partial charge is 0.352 e. The fourth-order valence-corrected chi connectivity index (χ4v) is 4.79. The van der Waals surface area contributed by atoms with Crippen LogP contribution < -0.4 is 5.32 Å². The van der Waals surface area contributed by atoms with Gasteiger partial charge in [0, 0.05) is 13.1 Å². The highest BCUT2D eigenvalue weighted by atomic mass is 32.2. The summed E-state index contributed by atoms with van der Waals surface area (Å²) in [7, 11) is -2.17. The molecular formula is C21H34N2O3S. The molecule has 1 amide bonds. The van der Waals surface area contributed by atoms with Crippen LogP contribution in [-0.2, 0) is 14.8 Å². The van der Waals surface area contributed by atoms with Gasteiger partial charge in [0.15, 0.2) is 0 Å². The molecule has 0 unspecified atom stereocenters. The molecule has 0 atom stereocenters. The van der Waals surface area contributed by atoms with Crippen LogP contribution in [0.4, 0.5) is 0 Å². The molecule has 0 bridgehead atoms. The molecule has 152 valence electrons. The lowest BCUT2D eigenvalue weighted by molar-refractivity contribution is -0.121. The van der Waals surface area contributed by atoms with E-state index in [9.17, 15) is 13.2 Å². The van der Waals surface area contributed by atoms with E-state index >= 15 is 0 Å². The zero-order valence-electron chi connectivity index (χ0n) is 16.5. The smallest absolute Gasteiger partial charge is 0.243 e. The molecule has 27 heavy (non-hydrogen) atoms. The molecule has 1 aliphatic rings. The number of amides is 1. The summed E-state index contributed by atoms with van der Waals surface area (Å²) in [5.41, 5.74) is 0. The molecule has 1 aromatic carbocycles. The van der Waals surface area contributed by atoms with Crippen molar-refractivity contribution in [1.29, 1.82) is 0 Å². The van der Waals surface area contributed by atoms with Gasteiger partial charge in [-0.05, 0) is 25.0 Å². The summed E-state index contributed by atoms with van der Waals surface area (Å²) in [6.45, 7) is -0.145. The minimum atomic E-state index is -3.63. The molecule has 5 nitrogen and oxygen atoms in total. The number of hydrogen-bond donors (Lipinski definition) is 1. The maximum Gasteiger partial charge on any atom is 0.243 e. The average molecular weight is 395 g/mol. The molecule has 0 aliphatic heterocycles. The summed E-state index contributed by atoms with van der Waals surface area (Å²) in [6, 6.07) is 8.41. The SMILES string of the molecule is CN(CC(=O)NC1CCCCCCCCCCC1)S(=O)(=O)c1ccccc1. The van der Waals surface area contributed by atoms with E-state index in [1.165, 1.54) is 52.0 Å². The minimum absolute atomic E-state index is 0.145. The van der Waals surface area contributed by atoms with Gasteiger partial charge in [0.1, 0.15) is 0 Å². The molecule has 2 rings (SSSR count). The second-order valence-corrected chi connectivity index (χ2v) is 9.64. The molecule has 1 aliphatic carbocycles. The lowest BCUT2D eigenvalue weighted by Gasteiger charge is -2.22. The van der Waals surface area contributed by atoms with Gasteiger partial charge in [0.25, 0.3) is 0 Å². The van der Waals surface area contributed by atoms with Crippen molar-refractivity contribution in [3.63, 3.8) is 0 Å². The van der Waals surface area contributed by atoms with Crippen molar-refractivity contribution in [3.8, 4) is 0 Å². The molecule has 0 saturated heterocycles. The fraction of sp³-hybridized carbons (Fsp3) is 0.667. The Hall–Kier alpha value is -1.40. The number of benzene rings is 1. The van der Waals surface area contributed by atoms with Gasteiger partial charge in [-0.3, -0.25) is 4.79 Å². The van der Waals surface area contributed by atoms with E-state index in [1.807, 2.05) is 0 Å². The monoisotopic (exact) mass is 394 g/mol. The van der Waals surface area contributed by atoms with E-state index in [0.717, 1.165) is 30.0 Å². The molecule has 0 radical (unpaired) electrons. The van der Waals surface area contributed by atoms with Gasteiger partial charge < -0.3 is 5.32 Å². The maximum absolute atomic E-state index is 12.6. The first kappa shape index (κ1) is 21.9. The second kappa shape index (κ2) is 11.4. The summed E-state index contributed by atoms with van der Waals surface area (Å²) < 4.78 is 26.3. The Morgan fingerprint density at radius 2 is 1.41 bits per heavy atom. The Labute approximate surface area is 164 Å². The Bertz CT molecular complexity index is 649. The van der Waals surface area contributed by atoms with E-state index in [1.54, 1.807) is 30.3 Å². The quantitative estimate of drug-likeness (QED) is 0.818. The van der Waals surface area contributed by atoms with Crippen LogP contribution in [0.25, 0.3) is 0 Å². The first-order valence-corrected chi connectivity index (χ1v) is 11.7. The topological polar surface area (TPSA) is 66.5 Å². The van der Waals surface area contributed by atoms with Crippen molar-refractivity contribution in [1.82, 2.24) is 9.62 Å². The third kappa shape index (κ3) is 7.62. The van der Waals surface area contributed by atoms with Gasteiger partial charge in [-0.25, -0.2) is 8.42 Å². The summed E-state index contributed by atoms with van der Waals surface area (Å²) in [5.74, 6) is -0.214. The molecule has 0 aromatic heterocycles. The van der Waals surface area contributed by atoms with Crippen LogP contribution in [0, 0.1) is 0 Å². The van der Waals surface area contributed by atoms with Crippen molar-refractivity contribution >= 4 is 15.9 Å². The third-order valence-electron chi connectivity index (χ3n) is 5.29. The van der Waals surface area contributed by atoms with Crippen LogP contribution >= 0.6 is 0 Å². The summed E-state index contributed by atoms with van der Waals surface area (Å²) in [4.78, 5) is 12.7. The average Bonchev–Trinajstić information content (AvgIpc) is 2.64. The molecule has 6 heteroatoms. The Morgan fingerprint density at radius 3 is 1.93 bits per heavy atom. The molecule has 1 fully saturated rings. The first-order valence-electron chi connectivity index (χ1n) is 10.3. The zero-order valence-corrected chi connectivity index (χ0v) is 17.3. The van der Waals surface area contributed by atoms with Crippen LogP contribution in [0.3, 0.4) is 0 Å². The molecule has 0 heterocycles. The number of sulfonamides is 1. The summed E-state index contributed by atoms with van der Waals surface area (Å²) in [6.07, 6.45) is 13.2. The van der Waals surface area contributed by atoms with Crippen molar-refractivity contribution in [2.45, 2.75) is 81.6 Å². The summed E-state index contributed by atoms with van der Waals surface area (Å²) >= 11 is 0. The van der Waals surface area contributed by atoms with Crippen LogP contribution in [0.2, 0.25) is 0 Å². The van der Waals surface area contributed by atoms with Crippen LogP contribution in [0.5, 0.6) is 0 Å². The highest BCUT2D eigenvalue weighted by Gasteiger charge is 2.23. The Balaban J connectivity index is 1.87. The Kier molecular flexibility index (Phi) is 9.28. The number of nitrogens with zero attached hydrogens (tertiary/aromatic N) is 1. The van der Waals surface area contributed by atoms with Crippen LogP contribution in [-0.4, -0.2) is 38.3 Å². The number of hydrogen-bond acceptors (Lipinski definition) is 3. The van der Waals surface area contributed by atoms with Gasteiger partial charge >= 0.3 is 0 Å². The predicted molar refractivity (Wildman–Crippen MR) is 109 cm³/mol. The molecule has 1 aromatic rings. The van der Waals surface area contributed by atoms with Crippen molar-refractivity contribution < 1.29 is 13.2 Å². The number of nitrogens with one attached hydrogen (secondary N) is 1. The highest BCUT2D eigenvalue weighted by molar-refractivity contribution is 7.89. The van der Waals surface area contributed by atoms with Gasteiger partial charge in [0.2, 0.25) is 15.9 Å². The Morgan fingerprint density at radius 1 is 0.926 bits per heavy atom. The van der Waals surface area contributed by atoms with Gasteiger partial charge in [-0.1, -0.05) is 76.0 Å². The van der Waals surface area contributed by atoms with Crippen LogP contribution in [0.1, 0.15) is 70.6 Å². The first-order chi connectivity index (χ1) is 13.0. The van der Waals surface area contributed by atoms with Crippen molar-refractivity contribution in [2.24, 2.45) is 0 Å². The minimum Gasteiger partial charge on any atom is -0.352 e. The molecular weight excluding hydrogens is 360 g/mol. The van der Waals surface area contributed by atoms with E-state index in [2.05, 4.69) is 5.32 Å².